The molecule has 0 radical (unpaired) electrons. The van der Waals surface area contributed by atoms with Crippen LogP contribution >= 0.6 is 15.9 Å². The summed E-state index contributed by atoms with van der Waals surface area (Å²) in [5.41, 5.74) is 0.425. The molecule has 0 spiro atoms. The van der Waals surface area contributed by atoms with E-state index < -0.39 is 0 Å². The largest absolute Gasteiger partial charge is 0.396 e. The van der Waals surface area contributed by atoms with Gasteiger partial charge >= 0.3 is 0 Å². The first kappa shape index (κ1) is 15.3. The van der Waals surface area contributed by atoms with E-state index in [1.807, 2.05) is 0 Å². The van der Waals surface area contributed by atoms with E-state index in [-0.39, 0.29) is 22.6 Å². The molecule has 6 heteroatoms. The van der Waals surface area contributed by atoms with Crippen LogP contribution in [-0.2, 0) is 0 Å². The van der Waals surface area contributed by atoms with Gasteiger partial charge in [-0.25, -0.2) is 0 Å². The van der Waals surface area contributed by atoms with Gasteiger partial charge in [-0.05, 0) is 25.0 Å². The van der Waals surface area contributed by atoms with E-state index in [1.165, 1.54) is 12.5 Å². The Hall–Kier alpha value is -1.14. The molecule has 0 aliphatic heterocycles. The van der Waals surface area contributed by atoms with Gasteiger partial charge in [-0.2, -0.15) is 0 Å². The molecule has 1 aromatic carbocycles. The topological polar surface area (TPSA) is 75.4 Å². The second kappa shape index (κ2) is 6.54. The van der Waals surface area contributed by atoms with E-state index in [0.29, 0.717) is 12.2 Å². The first-order valence-electron chi connectivity index (χ1n) is 6.85. The van der Waals surface area contributed by atoms with Gasteiger partial charge in [0, 0.05) is 22.5 Å². The van der Waals surface area contributed by atoms with Crippen LogP contribution in [0, 0.1) is 15.5 Å². The first-order valence-corrected chi connectivity index (χ1v) is 7.64. The molecule has 2 rings (SSSR count). The van der Waals surface area contributed by atoms with Crippen LogP contribution in [0.5, 0.6) is 0 Å². The van der Waals surface area contributed by atoms with Gasteiger partial charge < -0.3 is 10.4 Å². The normalized spacial score (nSPS) is 17.7. The second-order valence-electron chi connectivity index (χ2n) is 5.49. The fraction of sp³-hybridized carbons (Fsp3) is 0.571. The van der Waals surface area contributed by atoms with E-state index in [2.05, 4.69) is 21.2 Å². The number of hydrogen-bond acceptors (Lipinski definition) is 4. The highest BCUT2D eigenvalue weighted by atomic mass is 79.9. The number of nitrogens with one attached hydrogen (secondary N) is 1. The standard InChI is InChI=1S/C14H19BrN2O3/c15-11-4-5-13(17(19)20)12(8-11)16-9-14(10-18)6-2-1-3-7-14/h4-5,8,16,18H,1-3,6-7,9-10H2. The van der Waals surface area contributed by atoms with E-state index >= 15 is 0 Å². The maximum Gasteiger partial charge on any atom is 0.292 e. The molecular weight excluding hydrogens is 324 g/mol. The van der Waals surface area contributed by atoms with E-state index in [1.54, 1.807) is 12.1 Å². The second-order valence-corrected chi connectivity index (χ2v) is 6.41. The van der Waals surface area contributed by atoms with Crippen LogP contribution in [0.25, 0.3) is 0 Å². The van der Waals surface area contributed by atoms with Crippen molar-refractivity contribution in [3.8, 4) is 0 Å². The van der Waals surface area contributed by atoms with Gasteiger partial charge in [0.15, 0.2) is 0 Å². The predicted octanol–water partition coefficient (Wildman–Crippen LogP) is 3.71. The summed E-state index contributed by atoms with van der Waals surface area (Å²) in [5, 5.41) is 23.9. The lowest BCUT2D eigenvalue weighted by molar-refractivity contribution is -0.384. The Labute approximate surface area is 126 Å². The van der Waals surface area contributed by atoms with E-state index in [4.69, 9.17) is 0 Å². The number of rotatable bonds is 5. The van der Waals surface area contributed by atoms with E-state index in [0.717, 1.165) is 30.2 Å². The van der Waals surface area contributed by atoms with Crippen molar-refractivity contribution in [1.82, 2.24) is 0 Å². The summed E-state index contributed by atoms with van der Waals surface area (Å²) in [6.45, 7) is 0.697. The number of hydrogen-bond donors (Lipinski definition) is 2. The number of anilines is 1. The molecule has 110 valence electrons. The third kappa shape index (κ3) is 3.49. The van der Waals surface area contributed by atoms with Crippen molar-refractivity contribution < 1.29 is 10.0 Å². The third-order valence-electron chi connectivity index (χ3n) is 4.06. The molecule has 1 saturated carbocycles. The molecule has 1 aromatic rings. The SMILES string of the molecule is O=[N+]([O-])c1ccc(Br)cc1NCC1(CO)CCCCC1. The summed E-state index contributed by atoms with van der Waals surface area (Å²) in [6, 6.07) is 4.86. The Kier molecular flexibility index (Phi) is 4.99. The highest BCUT2D eigenvalue weighted by Gasteiger charge is 2.31. The number of halogens is 1. The Balaban J connectivity index is 2.13. The van der Waals surface area contributed by atoms with Crippen molar-refractivity contribution in [2.24, 2.45) is 5.41 Å². The summed E-state index contributed by atoms with van der Waals surface area (Å²) < 4.78 is 0.798. The Morgan fingerprint density at radius 2 is 2.05 bits per heavy atom. The predicted molar refractivity (Wildman–Crippen MR) is 81.9 cm³/mol. The molecule has 0 amide bonds. The molecular formula is C14H19BrN2O3. The zero-order valence-electron chi connectivity index (χ0n) is 11.3. The van der Waals surface area contributed by atoms with Crippen molar-refractivity contribution in [3.63, 3.8) is 0 Å². The van der Waals surface area contributed by atoms with Gasteiger partial charge in [0.1, 0.15) is 5.69 Å². The molecule has 2 N–H and O–H groups in total. The number of aliphatic hydroxyl groups is 1. The zero-order chi connectivity index (χ0) is 14.6. The lowest BCUT2D eigenvalue weighted by atomic mass is 9.74. The third-order valence-corrected chi connectivity index (χ3v) is 4.55. The maximum atomic E-state index is 11.0. The van der Waals surface area contributed by atoms with Crippen LogP contribution in [0.2, 0.25) is 0 Å². The monoisotopic (exact) mass is 342 g/mol. The quantitative estimate of drug-likeness (QED) is 0.631. The maximum absolute atomic E-state index is 11.0. The molecule has 0 unspecified atom stereocenters. The van der Waals surface area contributed by atoms with Crippen LogP contribution in [0.3, 0.4) is 0 Å². The summed E-state index contributed by atoms with van der Waals surface area (Å²) in [5.74, 6) is 0. The molecule has 1 aliphatic rings. The van der Waals surface area contributed by atoms with Gasteiger partial charge in [0.05, 0.1) is 11.5 Å². The number of nitro groups is 1. The van der Waals surface area contributed by atoms with Gasteiger partial charge in [-0.15, -0.1) is 0 Å². The average molecular weight is 343 g/mol. The van der Waals surface area contributed by atoms with Crippen LogP contribution in [-0.4, -0.2) is 23.2 Å². The van der Waals surface area contributed by atoms with Gasteiger partial charge in [0.2, 0.25) is 0 Å². The summed E-state index contributed by atoms with van der Waals surface area (Å²) in [6.07, 6.45) is 5.38. The van der Waals surface area contributed by atoms with Crippen LogP contribution in [0.4, 0.5) is 11.4 Å². The molecule has 0 bridgehead atoms. The summed E-state index contributed by atoms with van der Waals surface area (Å²) in [7, 11) is 0. The minimum Gasteiger partial charge on any atom is -0.396 e. The number of nitro benzene ring substituents is 1. The van der Waals surface area contributed by atoms with Gasteiger partial charge in [-0.1, -0.05) is 35.2 Å². The average Bonchev–Trinajstić information content (AvgIpc) is 2.46. The minimum absolute atomic E-state index is 0.0668. The highest BCUT2D eigenvalue weighted by Crippen LogP contribution is 2.37. The summed E-state index contributed by atoms with van der Waals surface area (Å²) >= 11 is 3.33. The lowest BCUT2D eigenvalue weighted by Gasteiger charge is -2.35. The number of aliphatic hydroxyl groups excluding tert-OH is 1. The fourth-order valence-corrected chi connectivity index (χ4v) is 3.15. The lowest BCUT2D eigenvalue weighted by Crippen LogP contribution is -2.35. The molecule has 0 saturated heterocycles. The van der Waals surface area contributed by atoms with Crippen molar-refractivity contribution in [2.75, 3.05) is 18.5 Å². The van der Waals surface area contributed by atoms with Crippen LogP contribution < -0.4 is 5.32 Å². The molecule has 0 atom stereocenters. The zero-order valence-corrected chi connectivity index (χ0v) is 12.9. The van der Waals surface area contributed by atoms with Crippen molar-refractivity contribution in [2.45, 2.75) is 32.1 Å². The molecule has 1 fully saturated rings. The van der Waals surface area contributed by atoms with Crippen molar-refractivity contribution in [1.29, 1.82) is 0 Å². The molecule has 5 nitrogen and oxygen atoms in total. The fourth-order valence-electron chi connectivity index (χ4n) is 2.78. The van der Waals surface area contributed by atoms with Crippen molar-refractivity contribution in [3.05, 3.63) is 32.8 Å². The number of benzene rings is 1. The molecule has 0 aromatic heterocycles. The van der Waals surface area contributed by atoms with Gasteiger partial charge in [0.25, 0.3) is 5.69 Å². The Bertz CT molecular complexity index is 487. The minimum atomic E-state index is -0.388. The van der Waals surface area contributed by atoms with Gasteiger partial charge in [-0.3, -0.25) is 10.1 Å². The van der Waals surface area contributed by atoms with Crippen LogP contribution in [0.1, 0.15) is 32.1 Å². The van der Waals surface area contributed by atoms with E-state index in [9.17, 15) is 15.2 Å². The van der Waals surface area contributed by atoms with Crippen molar-refractivity contribution >= 4 is 27.3 Å². The Morgan fingerprint density at radius 1 is 1.35 bits per heavy atom. The first-order chi connectivity index (χ1) is 9.56. The molecule has 0 heterocycles. The smallest absolute Gasteiger partial charge is 0.292 e. The molecule has 20 heavy (non-hydrogen) atoms. The highest BCUT2D eigenvalue weighted by molar-refractivity contribution is 9.10. The molecule has 1 aliphatic carbocycles. The number of nitrogens with zero attached hydrogens (tertiary/aromatic N) is 1. The summed E-state index contributed by atoms with van der Waals surface area (Å²) in [4.78, 5) is 10.6. The Morgan fingerprint density at radius 3 is 2.65 bits per heavy atom. The van der Waals surface area contributed by atoms with Crippen LogP contribution in [0.15, 0.2) is 22.7 Å².